The predicted octanol–water partition coefficient (Wildman–Crippen LogP) is 5.82. The molecule has 0 aliphatic heterocycles. The van der Waals surface area contributed by atoms with E-state index in [1.54, 1.807) is 18.2 Å². The van der Waals surface area contributed by atoms with Crippen molar-refractivity contribution in [1.82, 2.24) is 4.98 Å². The van der Waals surface area contributed by atoms with Crippen molar-refractivity contribution in [3.05, 3.63) is 80.9 Å². The topological polar surface area (TPSA) is 102 Å². The molecule has 0 spiro atoms. The summed E-state index contributed by atoms with van der Waals surface area (Å²) in [5.74, 6) is 0.0142. The second-order valence-electron chi connectivity index (χ2n) is 6.42. The highest BCUT2D eigenvalue weighted by atomic mass is 35.5. The number of nitro groups is 1. The van der Waals surface area contributed by atoms with Gasteiger partial charge in [0.2, 0.25) is 11.6 Å². The molecule has 3 aromatic carbocycles. The van der Waals surface area contributed by atoms with Crippen molar-refractivity contribution >= 4 is 40.3 Å². The Morgan fingerprint density at radius 2 is 2.03 bits per heavy atom. The predicted molar refractivity (Wildman–Crippen MR) is 111 cm³/mol. The SMILES string of the molecule is Cc1cccc(-c2nc3cc(N=Cc4cc(Cl)cc([N+](=O)[O-])c4O)ccc3o2)c1. The second-order valence-corrected chi connectivity index (χ2v) is 6.86. The monoisotopic (exact) mass is 407 g/mol. The quantitative estimate of drug-likeness (QED) is 0.261. The zero-order valence-corrected chi connectivity index (χ0v) is 15.9. The summed E-state index contributed by atoms with van der Waals surface area (Å²) in [5.41, 5.74) is 3.43. The fourth-order valence-electron chi connectivity index (χ4n) is 2.88. The lowest BCUT2D eigenvalue weighted by atomic mass is 10.1. The Labute approximate surface area is 170 Å². The van der Waals surface area contributed by atoms with Crippen LogP contribution in [0.15, 0.2) is 64.0 Å². The van der Waals surface area contributed by atoms with E-state index in [1.165, 1.54) is 12.3 Å². The lowest BCUT2D eigenvalue weighted by molar-refractivity contribution is -0.385. The molecule has 4 aromatic rings. The summed E-state index contributed by atoms with van der Waals surface area (Å²) in [6, 6.07) is 15.5. The number of aryl methyl sites for hydroxylation is 1. The number of phenolic OH excluding ortho intramolecular Hbond substituents is 1. The number of benzene rings is 3. The molecular formula is C21H14ClN3O4. The first-order valence-corrected chi connectivity index (χ1v) is 8.97. The standard InChI is InChI=1S/C21H14ClN3O4/c1-12-3-2-4-13(7-12)21-24-17-10-16(5-6-19(17)29-21)23-11-14-8-15(22)9-18(20(14)26)25(27)28/h2-11,26H,1H3. The van der Waals surface area contributed by atoms with E-state index in [2.05, 4.69) is 9.98 Å². The first kappa shape index (κ1) is 18.6. The largest absolute Gasteiger partial charge is 0.502 e. The molecule has 7 nitrogen and oxygen atoms in total. The number of hydrogen-bond donors (Lipinski definition) is 1. The zero-order chi connectivity index (χ0) is 20.5. The average Bonchev–Trinajstić information content (AvgIpc) is 3.11. The molecule has 1 heterocycles. The van der Waals surface area contributed by atoms with Crippen molar-refractivity contribution in [2.45, 2.75) is 6.92 Å². The summed E-state index contributed by atoms with van der Waals surface area (Å²) in [5, 5.41) is 21.2. The molecule has 0 saturated carbocycles. The van der Waals surface area contributed by atoms with Crippen LogP contribution in [0.2, 0.25) is 5.02 Å². The van der Waals surface area contributed by atoms with Gasteiger partial charge in [0, 0.05) is 28.4 Å². The maximum Gasteiger partial charge on any atom is 0.312 e. The Bertz CT molecular complexity index is 1280. The third kappa shape index (κ3) is 3.81. The summed E-state index contributed by atoms with van der Waals surface area (Å²) < 4.78 is 5.81. The minimum absolute atomic E-state index is 0.130. The number of halogens is 1. The molecule has 0 amide bonds. The van der Waals surface area contributed by atoms with Crippen LogP contribution in [-0.2, 0) is 0 Å². The third-order valence-corrected chi connectivity index (χ3v) is 4.49. The van der Waals surface area contributed by atoms with Crippen LogP contribution in [-0.4, -0.2) is 21.2 Å². The average molecular weight is 408 g/mol. The van der Waals surface area contributed by atoms with Crippen molar-refractivity contribution in [3.63, 3.8) is 0 Å². The van der Waals surface area contributed by atoms with E-state index in [4.69, 9.17) is 16.0 Å². The van der Waals surface area contributed by atoms with Gasteiger partial charge in [-0.05, 0) is 43.3 Å². The van der Waals surface area contributed by atoms with Crippen molar-refractivity contribution in [3.8, 4) is 17.2 Å². The van der Waals surface area contributed by atoms with E-state index in [1.807, 2.05) is 31.2 Å². The molecule has 144 valence electrons. The Hall–Kier alpha value is -3.71. The molecule has 1 aromatic heterocycles. The van der Waals surface area contributed by atoms with Gasteiger partial charge in [-0.25, -0.2) is 4.98 Å². The smallest absolute Gasteiger partial charge is 0.312 e. The van der Waals surface area contributed by atoms with Crippen LogP contribution >= 0.6 is 11.6 Å². The molecule has 0 aliphatic carbocycles. The summed E-state index contributed by atoms with van der Waals surface area (Å²) in [7, 11) is 0. The Morgan fingerprint density at radius 3 is 2.79 bits per heavy atom. The maximum atomic E-state index is 11.0. The van der Waals surface area contributed by atoms with Crippen LogP contribution < -0.4 is 0 Å². The van der Waals surface area contributed by atoms with Gasteiger partial charge in [0.25, 0.3) is 0 Å². The summed E-state index contributed by atoms with van der Waals surface area (Å²) in [4.78, 5) is 19.1. The molecular weight excluding hydrogens is 394 g/mol. The number of hydrogen-bond acceptors (Lipinski definition) is 6. The first-order valence-electron chi connectivity index (χ1n) is 8.59. The Kier molecular flexibility index (Phi) is 4.74. The van der Waals surface area contributed by atoms with Gasteiger partial charge in [-0.1, -0.05) is 29.3 Å². The third-order valence-electron chi connectivity index (χ3n) is 4.27. The Balaban J connectivity index is 1.68. The van der Waals surface area contributed by atoms with E-state index in [0.29, 0.717) is 22.7 Å². The van der Waals surface area contributed by atoms with Gasteiger partial charge in [0.15, 0.2) is 5.58 Å². The lowest BCUT2D eigenvalue weighted by Gasteiger charge is -2.01. The van der Waals surface area contributed by atoms with Gasteiger partial charge in [0.05, 0.1) is 10.6 Å². The van der Waals surface area contributed by atoms with E-state index in [9.17, 15) is 15.2 Å². The van der Waals surface area contributed by atoms with Crippen LogP contribution in [0.1, 0.15) is 11.1 Å². The number of phenols is 1. The molecule has 0 radical (unpaired) electrons. The molecule has 8 heteroatoms. The number of aliphatic imine (C=N–C) groups is 1. The van der Waals surface area contributed by atoms with Crippen LogP contribution in [0.25, 0.3) is 22.6 Å². The Morgan fingerprint density at radius 1 is 1.21 bits per heavy atom. The molecule has 4 rings (SSSR count). The number of rotatable bonds is 4. The van der Waals surface area contributed by atoms with Gasteiger partial charge >= 0.3 is 5.69 Å². The van der Waals surface area contributed by atoms with Crippen molar-refractivity contribution in [2.24, 2.45) is 4.99 Å². The van der Waals surface area contributed by atoms with E-state index in [0.717, 1.165) is 17.2 Å². The number of nitrogens with zero attached hydrogens (tertiary/aromatic N) is 3. The molecule has 1 N–H and O–H groups in total. The van der Waals surface area contributed by atoms with Crippen LogP contribution in [0, 0.1) is 17.0 Å². The second kappa shape index (κ2) is 7.37. The molecule has 0 bridgehead atoms. The number of aromatic nitrogens is 1. The van der Waals surface area contributed by atoms with Crippen LogP contribution in [0.4, 0.5) is 11.4 Å². The number of nitro benzene ring substituents is 1. The lowest BCUT2D eigenvalue weighted by Crippen LogP contribution is -1.92. The maximum absolute atomic E-state index is 11.0. The van der Waals surface area contributed by atoms with Crippen LogP contribution in [0.3, 0.4) is 0 Å². The van der Waals surface area contributed by atoms with Crippen molar-refractivity contribution < 1.29 is 14.4 Å². The zero-order valence-electron chi connectivity index (χ0n) is 15.2. The van der Waals surface area contributed by atoms with E-state index >= 15 is 0 Å². The number of fused-ring (bicyclic) bond motifs is 1. The van der Waals surface area contributed by atoms with Gasteiger partial charge in [-0.15, -0.1) is 0 Å². The van der Waals surface area contributed by atoms with Gasteiger partial charge in [-0.3, -0.25) is 15.1 Å². The highest BCUT2D eigenvalue weighted by Gasteiger charge is 2.17. The highest BCUT2D eigenvalue weighted by molar-refractivity contribution is 6.31. The minimum Gasteiger partial charge on any atom is -0.502 e. The molecule has 0 unspecified atom stereocenters. The minimum atomic E-state index is -0.702. The van der Waals surface area contributed by atoms with E-state index < -0.39 is 16.4 Å². The summed E-state index contributed by atoms with van der Waals surface area (Å²) >= 11 is 5.90. The number of aromatic hydroxyl groups is 1. The summed E-state index contributed by atoms with van der Waals surface area (Å²) in [6.07, 6.45) is 1.32. The first-order chi connectivity index (χ1) is 13.9. The van der Waals surface area contributed by atoms with Crippen molar-refractivity contribution in [1.29, 1.82) is 0 Å². The van der Waals surface area contributed by atoms with Gasteiger partial charge in [0.1, 0.15) is 5.52 Å². The fourth-order valence-corrected chi connectivity index (χ4v) is 3.11. The molecule has 0 saturated heterocycles. The number of oxazole rings is 1. The highest BCUT2D eigenvalue weighted by Crippen LogP contribution is 2.33. The van der Waals surface area contributed by atoms with Crippen molar-refractivity contribution in [2.75, 3.05) is 0 Å². The fraction of sp³-hybridized carbons (Fsp3) is 0.0476. The molecule has 0 atom stereocenters. The summed E-state index contributed by atoms with van der Waals surface area (Å²) in [6.45, 7) is 1.99. The van der Waals surface area contributed by atoms with Gasteiger partial charge < -0.3 is 9.52 Å². The molecule has 0 fully saturated rings. The molecule has 0 aliphatic rings. The van der Waals surface area contributed by atoms with Crippen LogP contribution in [0.5, 0.6) is 5.75 Å². The normalized spacial score (nSPS) is 11.4. The molecule has 29 heavy (non-hydrogen) atoms. The van der Waals surface area contributed by atoms with E-state index in [-0.39, 0.29) is 10.6 Å². The van der Waals surface area contributed by atoms with Gasteiger partial charge in [-0.2, -0.15) is 0 Å².